The molecule has 1 aromatic heterocycles. The Morgan fingerprint density at radius 1 is 1.28 bits per heavy atom. The number of hydrogen-bond acceptors (Lipinski definition) is 6. The van der Waals surface area contributed by atoms with Crippen LogP contribution in [-0.4, -0.2) is 28.0 Å². The van der Waals surface area contributed by atoms with Gasteiger partial charge in [0.1, 0.15) is 11.4 Å². The Balaban J connectivity index is 1.85. The summed E-state index contributed by atoms with van der Waals surface area (Å²) >= 11 is 2.23. The van der Waals surface area contributed by atoms with Crippen LogP contribution in [0.4, 0.5) is 17.5 Å². The molecule has 7 nitrogen and oxygen atoms in total. The average Bonchev–Trinajstić information content (AvgIpc) is 2.57. The normalized spacial score (nSPS) is 20.1. The maximum absolute atomic E-state index is 11.7. The fraction of sp³-hybridized carbons (Fsp3) is 0.353. The highest BCUT2D eigenvalue weighted by molar-refractivity contribution is 14.1. The molecule has 1 heterocycles. The summed E-state index contributed by atoms with van der Waals surface area (Å²) in [7, 11) is 0. The van der Waals surface area contributed by atoms with Gasteiger partial charge < -0.3 is 22.1 Å². The fourth-order valence-corrected chi connectivity index (χ4v) is 3.48. The van der Waals surface area contributed by atoms with E-state index < -0.39 is 5.91 Å². The molecule has 0 radical (unpaired) electrons. The number of hydrogen-bond donors (Lipinski definition) is 4. The summed E-state index contributed by atoms with van der Waals surface area (Å²) in [6, 6.07) is 7.99. The monoisotopic (exact) mass is 452 g/mol. The molecule has 8 heteroatoms. The number of nitrogens with two attached hydrogens (primary N) is 2. The van der Waals surface area contributed by atoms with E-state index >= 15 is 0 Å². The molecule has 1 amide bonds. The lowest BCUT2D eigenvalue weighted by Crippen LogP contribution is -2.43. The first-order chi connectivity index (χ1) is 12.0. The summed E-state index contributed by atoms with van der Waals surface area (Å²) in [5, 5.41) is 6.45. The highest BCUT2D eigenvalue weighted by atomic mass is 127. The Labute approximate surface area is 160 Å². The molecule has 25 heavy (non-hydrogen) atoms. The molecular formula is C17H21IN6O. The summed E-state index contributed by atoms with van der Waals surface area (Å²) < 4.78 is 1.07. The summed E-state index contributed by atoms with van der Waals surface area (Å²) in [6.07, 6.45) is 5.72. The largest absolute Gasteiger partial charge is 0.365 e. The first-order valence-corrected chi connectivity index (χ1v) is 9.32. The van der Waals surface area contributed by atoms with Crippen LogP contribution in [0.15, 0.2) is 30.5 Å². The second kappa shape index (κ2) is 7.96. The molecule has 1 aromatic carbocycles. The van der Waals surface area contributed by atoms with Gasteiger partial charge in [-0.1, -0.05) is 18.9 Å². The third-order valence-electron chi connectivity index (χ3n) is 4.28. The molecule has 1 aliphatic carbocycles. The molecule has 0 spiro atoms. The Kier molecular flexibility index (Phi) is 5.69. The molecular weight excluding hydrogens is 431 g/mol. The fourth-order valence-electron chi connectivity index (χ4n) is 2.93. The number of aromatic nitrogens is 2. The third-order valence-corrected chi connectivity index (χ3v) is 4.95. The van der Waals surface area contributed by atoms with Gasteiger partial charge in [0.15, 0.2) is 0 Å². The van der Waals surface area contributed by atoms with Crippen molar-refractivity contribution in [2.75, 3.05) is 10.6 Å². The molecule has 2 atom stereocenters. The molecule has 6 N–H and O–H groups in total. The van der Waals surface area contributed by atoms with Gasteiger partial charge in [0.2, 0.25) is 5.95 Å². The summed E-state index contributed by atoms with van der Waals surface area (Å²) in [6.45, 7) is 0. The van der Waals surface area contributed by atoms with Crippen LogP contribution in [0.5, 0.6) is 0 Å². The van der Waals surface area contributed by atoms with Crippen molar-refractivity contribution in [2.45, 2.75) is 37.8 Å². The average molecular weight is 452 g/mol. The maximum atomic E-state index is 11.7. The van der Waals surface area contributed by atoms with Crippen molar-refractivity contribution in [2.24, 2.45) is 11.5 Å². The van der Waals surface area contributed by atoms with Gasteiger partial charge in [-0.05, 0) is 53.6 Å². The summed E-state index contributed by atoms with van der Waals surface area (Å²) in [5.74, 6) is 0.255. The van der Waals surface area contributed by atoms with E-state index in [0.717, 1.165) is 34.9 Å². The van der Waals surface area contributed by atoms with Crippen LogP contribution in [0.1, 0.15) is 36.0 Å². The van der Waals surface area contributed by atoms with Crippen molar-refractivity contribution < 1.29 is 4.79 Å². The highest BCUT2D eigenvalue weighted by Gasteiger charge is 2.23. The summed E-state index contributed by atoms with van der Waals surface area (Å²) in [5.41, 5.74) is 12.7. The lowest BCUT2D eigenvalue weighted by molar-refractivity contribution is 0.100. The van der Waals surface area contributed by atoms with Gasteiger partial charge >= 0.3 is 0 Å². The predicted octanol–water partition coefficient (Wildman–Crippen LogP) is 2.61. The molecule has 0 bridgehead atoms. The number of nitrogens with one attached hydrogen (secondary N) is 2. The van der Waals surface area contributed by atoms with Gasteiger partial charge in [-0.2, -0.15) is 4.98 Å². The quantitative estimate of drug-likeness (QED) is 0.518. The molecule has 1 aliphatic rings. The van der Waals surface area contributed by atoms with E-state index in [9.17, 15) is 4.79 Å². The Bertz CT molecular complexity index is 769. The van der Waals surface area contributed by atoms with E-state index in [1.807, 2.05) is 24.3 Å². The van der Waals surface area contributed by atoms with Crippen molar-refractivity contribution in [1.82, 2.24) is 9.97 Å². The van der Waals surface area contributed by atoms with Gasteiger partial charge in [0, 0.05) is 27.5 Å². The third kappa shape index (κ3) is 4.57. The lowest BCUT2D eigenvalue weighted by Gasteiger charge is -2.29. The van der Waals surface area contributed by atoms with Crippen LogP contribution in [0.25, 0.3) is 0 Å². The number of nitrogens with zero attached hydrogens (tertiary/aromatic N) is 2. The topological polar surface area (TPSA) is 119 Å². The molecule has 132 valence electrons. The second-order valence-corrected chi connectivity index (χ2v) is 7.40. The van der Waals surface area contributed by atoms with Gasteiger partial charge in [-0.3, -0.25) is 4.79 Å². The zero-order valence-electron chi connectivity index (χ0n) is 13.7. The van der Waals surface area contributed by atoms with Gasteiger partial charge in [-0.25, -0.2) is 4.98 Å². The zero-order valence-corrected chi connectivity index (χ0v) is 15.9. The highest BCUT2D eigenvalue weighted by Crippen LogP contribution is 2.23. The molecule has 0 saturated heterocycles. The molecule has 0 aliphatic heterocycles. The Morgan fingerprint density at radius 2 is 2.08 bits per heavy atom. The number of amides is 1. The minimum Gasteiger partial charge on any atom is -0.365 e. The van der Waals surface area contributed by atoms with Crippen LogP contribution in [0, 0.1) is 3.57 Å². The number of halogens is 1. The van der Waals surface area contributed by atoms with Crippen LogP contribution in [0.2, 0.25) is 0 Å². The van der Waals surface area contributed by atoms with E-state index in [4.69, 9.17) is 11.5 Å². The van der Waals surface area contributed by atoms with Crippen molar-refractivity contribution in [3.8, 4) is 0 Å². The van der Waals surface area contributed by atoms with E-state index in [0.29, 0.717) is 11.8 Å². The van der Waals surface area contributed by atoms with E-state index in [1.165, 1.54) is 6.20 Å². The van der Waals surface area contributed by atoms with Gasteiger partial charge in [-0.15, -0.1) is 0 Å². The number of carbonyl (C=O) groups excluding carboxylic acids is 1. The van der Waals surface area contributed by atoms with Crippen LogP contribution in [0.3, 0.4) is 0 Å². The number of rotatable bonds is 5. The SMILES string of the molecule is NC(=O)c1cnc(N[C@@H]2CCCC[C@@H]2N)nc1Nc1cccc(I)c1. The Morgan fingerprint density at radius 3 is 2.80 bits per heavy atom. The minimum atomic E-state index is -0.575. The second-order valence-electron chi connectivity index (χ2n) is 6.15. The number of anilines is 3. The summed E-state index contributed by atoms with van der Waals surface area (Å²) in [4.78, 5) is 20.4. The maximum Gasteiger partial charge on any atom is 0.254 e. The van der Waals surface area contributed by atoms with Gasteiger partial charge in [0.05, 0.1) is 0 Å². The number of carbonyl (C=O) groups is 1. The smallest absolute Gasteiger partial charge is 0.254 e. The van der Waals surface area contributed by atoms with Gasteiger partial charge in [0.25, 0.3) is 5.91 Å². The van der Waals surface area contributed by atoms with E-state index in [2.05, 4.69) is 43.2 Å². The predicted molar refractivity (Wildman–Crippen MR) is 107 cm³/mol. The minimum absolute atomic E-state index is 0.0836. The number of benzene rings is 1. The molecule has 1 fully saturated rings. The van der Waals surface area contributed by atoms with E-state index in [1.54, 1.807) is 0 Å². The zero-order chi connectivity index (χ0) is 17.8. The van der Waals surface area contributed by atoms with Crippen LogP contribution >= 0.6 is 22.6 Å². The van der Waals surface area contributed by atoms with Crippen molar-refractivity contribution in [1.29, 1.82) is 0 Å². The first-order valence-electron chi connectivity index (χ1n) is 8.24. The van der Waals surface area contributed by atoms with E-state index in [-0.39, 0.29) is 17.6 Å². The first kappa shape index (κ1) is 17.9. The van der Waals surface area contributed by atoms with Crippen molar-refractivity contribution in [3.05, 3.63) is 39.6 Å². The van der Waals surface area contributed by atoms with Crippen LogP contribution < -0.4 is 22.1 Å². The molecule has 3 rings (SSSR count). The standard InChI is InChI=1S/C17H21IN6O/c18-10-4-3-5-11(8-10)22-16-12(15(20)25)9-21-17(24-16)23-14-7-2-1-6-13(14)19/h3-5,8-9,13-14H,1-2,6-7,19H2,(H2,20,25)(H2,21,22,23,24)/t13-,14+/m0/s1. The van der Waals surface area contributed by atoms with Crippen molar-refractivity contribution >= 4 is 46.0 Å². The molecule has 0 unspecified atom stereocenters. The lowest BCUT2D eigenvalue weighted by atomic mass is 9.91. The molecule has 1 saturated carbocycles. The number of primary amides is 1. The molecule has 2 aromatic rings. The Hall–Kier alpha value is -1.94. The van der Waals surface area contributed by atoms with Crippen molar-refractivity contribution in [3.63, 3.8) is 0 Å². The van der Waals surface area contributed by atoms with Crippen LogP contribution in [-0.2, 0) is 0 Å².